The summed E-state index contributed by atoms with van der Waals surface area (Å²) < 4.78 is 0. The first kappa shape index (κ1) is 17.9. The average Bonchev–Trinajstić information content (AvgIpc) is 2.39. The van der Waals surface area contributed by atoms with Crippen molar-refractivity contribution in [2.75, 3.05) is 0 Å². The monoisotopic (exact) mass is 262 g/mol. The third-order valence-corrected chi connectivity index (χ3v) is 2.98. The topological polar surface area (TPSA) is 17.1 Å². The van der Waals surface area contributed by atoms with Crippen molar-refractivity contribution in [2.45, 2.75) is 71.6 Å². The van der Waals surface area contributed by atoms with Crippen LogP contribution in [0.5, 0.6) is 0 Å². The van der Waals surface area contributed by atoms with E-state index in [9.17, 15) is 4.79 Å². The number of unbranched alkanes of at least 4 members (excludes halogenated alkanes) is 6. The molecule has 108 valence electrons. The fraction of sp³-hybridized carbons (Fsp3) is 0.611. The van der Waals surface area contributed by atoms with Crippen LogP contribution in [-0.2, 0) is 4.79 Å². The molecular weight excluding hydrogens is 232 g/mol. The standard InChI is InChI=1S/C18H30O/c1-3-4-5-6-7-8-9-10-11-12-13-14-15-16-17-18(2)19/h7-12H,3-6,13-17H2,1-2H3. The Balaban J connectivity index is 3.34. The Bertz CT molecular complexity index is 284. The molecule has 0 heterocycles. The van der Waals surface area contributed by atoms with Crippen molar-refractivity contribution in [1.29, 1.82) is 0 Å². The van der Waals surface area contributed by atoms with Gasteiger partial charge >= 0.3 is 0 Å². The maximum Gasteiger partial charge on any atom is 0.129 e. The molecule has 0 saturated carbocycles. The zero-order valence-corrected chi connectivity index (χ0v) is 12.7. The van der Waals surface area contributed by atoms with Gasteiger partial charge in [0, 0.05) is 6.42 Å². The molecule has 0 rings (SSSR count). The molecule has 1 nitrogen and oxygen atoms in total. The van der Waals surface area contributed by atoms with Crippen molar-refractivity contribution < 1.29 is 4.79 Å². The molecular formula is C18H30O. The second-order valence-electron chi connectivity index (χ2n) is 5.04. The van der Waals surface area contributed by atoms with E-state index in [-0.39, 0.29) is 0 Å². The maximum absolute atomic E-state index is 10.7. The first-order chi connectivity index (χ1) is 9.27. The van der Waals surface area contributed by atoms with Gasteiger partial charge in [0.05, 0.1) is 0 Å². The van der Waals surface area contributed by atoms with Gasteiger partial charge in [0.15, 0.2) is 0 Å². The Morgan fingerprint density at radius 3 is 1.89 bits per heavy atom. The fourth-order valence-corrected chi connectivity index (χ4v) is 1.80. The van der Waals surface area contributed by atoms with Gasteiger partial charge in [-0.3, -0.25) is 0 Å². The largest absolute Gasteiger partial charge is 0.300 e. The van der Waals surface area contributed by atoms with E-state index in [1.165, 1.54) is 32.1 Å². The minimum atomic E-state index is 0.309. The summed E-state index contributed by atoms with van der Waals surface area (Å²) in [4.78, 5) is 10.7. The third kappa shape index (κ3) is 16.9. The Labute approximate surface area is 119 Å². The van der Waals surface area contributed by atoms with Crippen molar-refractivity contribution in [1.82, 2.24) is 0 Å². The van der Waals surface area contributed by atoms with Gasteiger partial charge in [-0.05, 0) is 39.0 Å². The molecule has 0 radical (unpaired) electrons. The number of carbonyl (C=O) groups excluding carboxylic acids is 1. The molecule has 0 aliphatic heterocycles. The summed E-state index contributed by atoms with van der Waals surface area (Å²) in [6.45, 7) is 3.90. The van der Waals surface area contributed by atoms with Crippen LogP contribution in [0.2, 0.25) is 0 Å². The maximum atomic E-state index is 10.7. The molecule has 0 amide bonds. The number of rotatable bonds is 12. The molecule has 0 aromatic heterocycles. The van der Waals surface area contributed by atoms with Gasteiger partial charge in [0.25, 0.3) is 0 Å². The van der Waals surface area contributed by atoms with Crippen molar-refractivity contribution in [2.24, 2.45) is 0 Å². The van der Waals surface area contributed by atoms with Crippen LogP contribution < -0.4 is 0 Å². The second kappa shape index (κ2) is 14.9. The minimum Gasteiger partial charge on any atom is -0.300 e. The van der Waals surface area contributed by atoms with Crippen LogP contribution in [0, 0.1) is 0 Å². The highest BCUT2D eigenvalue weighted by atomic mass is 16.1. The van der Waals surface area contributed by atoms with E-state index in [1.807, 2.05) is 0 Å². The highest BCUT2D eigenvalue weighted by molar-refractivity contribution is 5.75. The normalized spacial score (nSPS) is 12.1. The number of hydrogen-bond acceptors (Lipinski definition) is 1. The summed E-state index contributed by atoms with van der Waals surface area (Å²) in [5.74, 6) is 0.309. The molecule has 0 aliphatic rings. The van der Waals surface area contributed by atoms with Crippen molar-refractivity contribution in [3.63, 3.8) is 0 Å². The van der Waals surface area contributed by atoms with E-state index >= 15 is 0 Å². The lowest BCUT2D eigenvalue weighted by Crippen LogP contribution is -1.88. The fourth-order valence-electron chi connectivity index (χ4n) is 1.80. The zero-order valence-electron chi connectivity index (χ0n) is 12.7. The van der Waals surface area contributed by atoms with Crippen LogP contribution in [0.4, 0.5) is 0 Å². The predicted molar refractivity (Wildman–Crippen MR) is 85.3 cm³/mol. The smallest absolute Gasteiger partial charge is 0.129 e. The van der Waals surface area contributed by atoms with Gasteiger partial charge in [0.1, 0.15) is 5.78 Å². The summed E-state index contributed by atoms with van der Waals surface area (Å²) >= 11 is 0. The summed E-state index contributed by atoms with van der Waals surface area (Å²) in [7, 11) is 0. The SMILES string of the molecule is CCCCCC=CC=CC=CCCCCCC(C)=O. The lowest BCUT2D eigenvalue weighted by Gasteiger charge is -1.95. The molecule has 1 heteroatoms. The Kier molecular flexibility index (Phi) is 14.1. The van der Waals surface area contributed by atoms with Gasteiger partial charge in [0.2, 0.25) is 0 Å². The van der Waals surface area contributed by atoms with Crippen molar-refractivity contribution in [3.05, 3.63) is 36.5 Å². The second-order valence-corrected chi connectivity index (χ2v) is 5.04. The summed E-state index contributed by atoms with van der Waals surface area (Å²) in [5.41, 5.74) is 0. The number of hydrogen-bond donors (Lipinski definition) is 0. The molecule has 19 heavy (non-hydrogen) atoms. The van der Waals surface area contributed by atoms with Gasteiger partial charge in [-0.15, -0.1) is 0 Å². The Morgan fingerprint density at radius 1 is 0.789 bits per heavy atom. The summed E-state index contributed by atoms with van der Waals surface area (Å²) in [5, 5.41) is 0. The number of ketones is 1. The van der Waals surface area contributed by atoms with Crippen molar-refractivity contribution >= 4 is 5.78 Å². The van der Waals surface area contributed by atoms with E-state index in [1.54, 1.807) is 6.92 Å². The van der Waals surface area contributed by atoms with E-state index in [0.717, 1.165) is 25.7 Å². The van der Waals surface area contributed by atoms with Crippen LogP contribution in [0.25, 0.3) is 0 Å². The Hall–Kier alpha value is -1.11. The number of carbonyl (C=O) groups is 1. The lowest BCUT2D eigenvalue weighted by atomic mass is 10.1. The quantitative estimate of drug-likeness (QED) is 0.322. The van der Waals surface area contributed by atoms with E-state index in [4.69, 9.17) is 0 Å². The van der Waals surface area contributed by atoms with Crippen LogP contribution in [0.3, 0.4) is 0 Å². The third-order valence-electron chi connectivity index (χ3n) is 2.98. The zero-order chi connectivity index (χ0) is 14.2. The Morgan fingerprint density at radius 2 is 1.37 bits per heavy atom. The van der Waals surface area contributed by atoms with Crippen LogP contribution >= 0.6 is 0 Å². The van der Waals surface area contributed by atoms with Gasteiger partial charge < -0.3 is 4.79 Å². The molecule has 0 unspecified atom stereocenters. The van der Waals surface area contributed by atoms with E-state index in [0.29, 0.717) is 5.78 Å². The highest BCUT2D eigenvalue weighted by Crippen LogP contribution is 2.04. The first-order valence-electron chi connectivity index (χ1n) is 7.75. The molecule has 0 saturated heterocycles. The average molecular weight is 262 g/mol. The molecule has 0 aliphatic carbocycles. The first-order valence-corrected chi connectivity index (χ1v) is 7.75. The number of Topliss-reactive ketones (excluding diaryl/α,β-unsaturated/α-hetero) is 1. The minimum absolute atomic E-state index is 0.309. The molecule has 0 bridgehead atoms. The predicted octanol–water partition coefficient (Wildman–Crippen LogP) is 5.77. The lowest BCUT2D eigenvalue weighted by molar-refractivity contribution is -0.117. The van der Waals surface area contributed by atoms with E-state index < -0.39 is 0 Å². The van der Waals surface area contributed by atoms with E-state index in [2.05, 4.69) is 43.4 Å². The van der Waals surface area contributed by atoms with Gasteiger partial charge in [-0.25, -0.2) is 0 Å². The highest BCUT2D eigenvalue weighted by Gasteiger charge is 1.92. The molecule has 0 atom stereocenters. The van der Waals surface area contributed by atoms with Crippen LogP contribution in [0.1, 0.15) is 71.6 Å². The van der Waals surface area contributed by atoms with Crippen LogP contribution in [-0.4, -0.2) is 5.78 Å². The summed E-state index contributed by atoms with van der Waals surface area (Å²) in [6.07, 6.45) is 23.2. The number of allylic oxidation sites excluding steroid dienone is 6. The molecule has 0 aromatic carbocycles. The molecule has 0 fully saturated rings. The van der Waals surface area contributed by atoms with Crippen molar-refractivity contribution in [3.8, 4) is 0 Å². The molecule has 0 aromatic rings. The molecule has 0 spiro atoms. The van der Waals surface area contributed by atoms with Gasteiger partial charge in [-0.1, -0.05) is 62.6 Å². The summed E-state index contributed by atoms with van der Waals surface area (Å²) in [6, 6.07) is 0. The van der Waals surface area contributed by atoms with Gasteiger partial charge in [-0.2, -0.15) is 0 Å². The molecule has 0 N–H and O–H groups in total. The van der Waals surface area contributed by atoms with Crippen LogP contribution in [0.15, 0.2) is 36.5 Å².